The number of benzene rings is 11. The number of anilines is 3. The monoisotopic (exact) mass is 949 g/mol. The lowest BCUT2D eigenvalue weighted by Gasteiger charge is -2.35. The van der Waals surface area contributed by atoms with Crippen molar-refractivity contribution in [3.8, 4) is 44.5 Å². The fourth-order valence-corrected chi connectivity index (χ4v) is 14.2. The van der Waals surface area contributed by atoms with Gasteiger partial charge in [-0.1, -0.05) is 214 Å². The molecule has 0 aliphatic heterocycles. The first kappa shape index (κ1) is 42.0. The molecule has 0 saturated heterocycles. The van der Waals surface area contributed by atoms with Crippen LogP contribution in [0, 0.1) is 0 Å². The maximum Gasteiger partial charge on any atom is 0.135 e. The second-order valence-electron chi connectivity index (χ2n) is 20.2. The molecule has 1 atom stereocenters. The Morgan fingerprint density at radius 3 is 1.75 bits per heavy atom. The van der Waals surface area contributed by atoms with Gasteiger partial charge in [0.25, 0.3) is 0 Å². The highest BCUT2D eigenvalue weighted by atomic mass is 32.1. The number of thiophene rings is 1. The summed E-state index contributed by atoms with van der Waals surface area (Å²) in [5, 5.41) is 4.81. The molecule has 2 heterocycles. The highest BCUT2D eigenvalue weighted by Gasteiger charge is 2.47. The average molecular weight is 950 g/mol. The smallest absolute Gasteiger partial charge is 0.135 e. The number of rotatable bonds is 7. The van der Waals surface area contributed by atoms with Crippen molar-refractivity contribution in [2.75, 3.05) is 4.90 Å². The molecule has 2 aromatic heterocycles. The molecule has 0 bridgehead atoms. The number of hydrogen-bond acceptors (Lipinski definition) is 3. The van der Waals surface area contributed by atoms with Crippen LogP contribution in [0.3, 0.4) is 0 Å². The molecule has 0 radical (unpaired) electrons. The minimum absolute atomic E-state index is 0.145. The van der Waals surface area contributed by atoms with E-state index >= 15 is 0 Å². The van der Waals surface area contributed by atoms with E-state index in [1.807, 2.05) is 11.3 Å². The van der Waals surface area contributed by atoms with E-state index < -0.39 is 5.41 Å². The third kappa shape index (κ3) is 5.97. The van der Waals surface area contributed by atoms with Gasteiger partial charge in [-0.3, -0.25) is 0 Å². The summed E-state index contributed by atoms with van der Waals surface area (Å²) < 4.78 is 9.07. The van der Waals surface area contributed by atoms with E-state index in [2.05, 4.69) is 267 Å². The van der Waals surface area contributed by atoms with Crippen LogP contribution in [0.1, 0.15) is 47.2 Å². The summed E-state index contributed by atoms with van der Waals surface area (Å²) in [6.07, 6.45) is 0. The molecule has 1 unspecified atom stereocenters. The minimum Gasteiger partial charge on any atom is -0.456 e. The fourth-order valence-electron chi connectivity index (χ4n) is 13.0. The normalized spacial score (nSPS) is 15.2. The van der Waals surface area contributed by atoms with Crippen LogP contribution >= 0.6 is 11.3 Å². The molecule has 2 aliphatic rings. The zero-order chi connectivity index (χ0) is 48.4. The summed E-state index contributed by atoms with van der Waals surface area (Å²) in [5.74, 6) is 0. The number of nitrogens with zero attached hydrogens (tertiary/aromatic N) is 1. The Morgan fingerprint density at radius 1 is 0.356 bits per heavy atom. The first-order valence-electron chi connectivity index (χ1n) is 25.3. The summed E-state index contributed by atoms with van der Waals surface area (Å²) in [6.45, 7) is 4.75. The highest BCUT2D eigenvalue weighted by Crippen LogP contribution is 2.59. The van der Waals surface area contributed by atoms with Gasteiger partial charge in [-0.05, 0) is 110 Å². The second-order valence-corrected chi connectivity index (χ2v) is 21.3. The zero-order valence-corrected chi connectivity index (χ0v) is 41.3. The molecule has 344 valence electrons. The third-order valence-corrected chi connectivity index (χ3v) is 17.4. The van der Waals surface area contributed by atoms with E-state index in [9.17, 15) is 0 Å². The van der Waals surface area contributed by atoms with Gasteiger partial charge in [0.15, 0.2) is 0 Å². The molecular formula is C70H47NOS. The molecule has 13 aromatic rings. The largest absolute Gasteiger partial charge is 0.456 e. The van der Waals surface area contributed by atoms with Crippen molar-refractivity contribution >= 4 is 70.5 Å². The maximum absolute atomic E-state index is 6.49. The van der Waals surface area contributed by atoms with Crippen LogP contribution in [-0.4, -0.2) is 0 Å². The molecule has 0 amide bonds. The van der Waals surface area contributed by atoms with Crippen molar-refractivity contribution in [1.82, 2.24) is 0 Å². The van der Waals surface area contributed by atoms with Gasteiger partial charge in [0.2, 0.25) is 0 Å². The molecule has 2 nitrogen and oxygen atoms in total. The Bertz CT molecular complexity index is 4380. The quantitative estimate of drug-likeness (QED) is 0.158. The van der Waals surface area contributed by atoms with E-state index in [1.54, 1.807) is 0 Å². The maximum atomic E-state index is 6.49. The van der Waals surface area contributed by atoms with Crippen molar-refractivity contribution in [2.24, 2.45) is 0 Å². The van der Waals surface area contributed by atoms with Gasteiger partial charge in [0, 0.05) is 58.7 Å². The molecule has 0 fully saturated rings. The number of furan rings is 1. The van der Waals surface area contributed by atoms with Crippen LogP contribution < -0.4 is 4.90 Å². The summed E-state index contributed by atoms with van der Waals surface area (Å²) in [7, 11) is 0. The molecular weight excluding hydrogens is 903 g/mol. The van der Waals surface area contributed by atoms with Crippen LogP contribution in [0.2, 0.25) is 0 Å². The number of para-hydroxylation sites is 3. The molecule has 0 N–H and O–H groups in total. The van der Waals surface area contributed by atoms with E-state index in [1.165, 1.54) is 98.1 Å². The average Bonchev–Trinajstić information content (AvgIpc) is 4.17. The van der Waals surface area contributed by atoms with E-state index in [4.69, 9.17) is 4.42 Å². The second kappa shape index (κ2) is 15.9. The predicted molar refractivity (Wildman–Crippen MR) is 307 cm³/mol. The van der Waals surface area contributed by atoms with Crippen LogP contribution in [0.4, 0.5) is 17.1 Å². The van der Waals surface area contributed by atoms with Crippen LogP contribution in [0.5, 0.6) is 0 Å². The zero-order valence-electron chi connectivity index (χ0n) is 40.4. The van der Waals surface area contributed by atoms with Crippen LogP contribution in [0.25, 0.3) is 86.6 Å². The molecule has 0 spiro atoms. The van der Waals surface area contributed by atoms with Gasteiger partial charge >= 0.3 is 0 Å². The molecule has 73 heavy (non-hydrogen) atoms. The molecule has 3 heteroatoms. The highest BCUT2D eigenvalue weighted by molar-refractivity contribution is 7.26. The SMILES string of the molecule is CC1(C)c2ccccc2-c2c(-c3ccccc3N(c3ccc4c(c3)C(c3ccccc3)(c3ccc5oc6ccccc6c5c3)c3ccccc3-4)c3ccccc3-c3cccc4c3sc3ccccc34)cccc21. The van der Waals surface area contributed by atoms with Gasteiger partial charge in [-0.25, -0.2) is 0 Å². The Morgan fingerprint density at radius 2 is 0.932 bits per heavy atom. The Kier molecular flexibility index (Phi) is 9.12. The van der Waals surface area contributed by atoms with Gasteiger partial charge in [0.1, 0.15) is 11.2 Å². The van der Waals surface area contributed by atoms with E-state index in [0.717, 1.165) is 39.0 Å². The molecule has 11 aromatic carbocycles. The van der Waals surface area contributed by atoms with Crippen LogP contribution in [0.15, 0.2) is 253 Å². The standard InChI is InChI=1S/C70H47NOS/c1-69(2)58-31-12-7-27-56(58)67-53(28-19-33-60(67)69)49-23-8-14-34-62(49)71(63-35-15-9-24-50(63)54-29-18-30-55-52-26-11-17-37-66(52)73-68(54)55)46-39-40-48-47-22-6-13-32-59(47)70(61(48)43-46,44-20-4-3-5-21-44)45-38-41-65-57(42-45)51-25-10-16-36-64(51)72-65/h3-43H,1-2H3. The third-order valence-electron chi connectivity index (χ3n) is 16.2. The van der Waals surface area contributed by atoms with E-state index in [0.29, 0.717) is 0 Å². The van der Waals surface area contributed by atoms with Crippen molar-refractivity contribution in [1.29, 1.82) is 0 Å². The lowest BCUT2D eigenvalue weighted by Crippen LogP contribution is -2.28. The molecule has 0 saturated carbocycles. The first-order chi connectivity index (χ1) is 36.0. The minimum atomic E-state index is -0.668. The lowest BCUT2D eigenvalue weighted by molar-refractivity contribution is 0.660. The predicted octanol–water partition coefficient (Wildman–Crippen LogP) is 19.4. The summed E-state index contributed by atoms with van der Waals surface area (Å²) in [6, 6.07) is 92.6. The van der Waals surface area contributed by atoms with Gasteiger partial charge in [0.05, 0.1) is 16.8 Å². The van der Waals surface area contributed by atoms with Crippen molar-refractivity contribution in [2.45, 2.75) is 24.7 Å². The first-order valence-corrected chi connectivity index (χ1v) is 26.1. The fraction of sp³-hybridized carbons (Fsp3) is 0.0571. The van der Waals surface area contributed by atoms with Gasteiger partial charge in [-0.2, -0.15) is 0 Å². The Labute approximate surface area is 428 Å². The van der Waals surface area contributed by atoms with Crippen molar-refractivity contribution < 1.29 is 4.42 Å². The van der Waals surface area contributed by atoms with E-state index in [-0.39, 0.29) is 5.41 Å². The summed E-state index contributed by atoms with van der Waals surface area (Å²) >= 11 is 1.88. The van der Waals surface area contributed by atoms with Crippen molar-refractivity contribution in [3.05, 3.63) is 282 Å². The van der Waals surface area contributed by atoms with Gasteiger partial charge in [-0.15, -0.1) is 11.3 Å². The molecule has 15 rings (SSSR count). The number of hydrogen-bond donors (Lipinski definition) is 0. The summed E-state index contributed by atoms with van der Waals surface area (Å²) in [5.41, 5.74) is 21.8. The topological polar surface area (TPSA) is 16.4 Å². The van der Waals surface area contributed by atoms with Crippen LogP contribution in [-0.2, 0) is 10.8 Å². The molecule has 2 aliphatic carbocycles. The summed E-state index contributed by atoms with van der Waals surface area (Å²) in [4.78, 5) is 2.56. The van der Waals surface area contributed by atoms with Crippen molar-refractivity contribution in [3.63, 3.8) is 0 Å². The lowest BCUT2D eigenvalue weighted by atomic mass is 9.67. The Balaban J connectivity index is 1.03. The Hall–Kier alpha value is -8.76. The van der Waals surface area contributed by atoms with Gasteiger partial charge < -0.3 is 9.32 Å². The number of fused-ring (bicyclic) bond motifs is 12.